The molecule has 0 aliphatic carbocycles. The second kappa shape index (κ2) is 8.73. The molecule has 4 aromatic rings. The third-order valence-corrected chi connectivity index (χ3v) is 7.20. The first-order valence-electron chi connectivity index (χ1n) is 12.4. The van der Waals surface area contributed by atoms with Crippen LogP contribution in [0.15, 0.2) is 24.3 Å². The van der Waals surface area contributed by atoms with Crippen molar-refractivity contribution in [3.63, 3.8) is 0 Å². The Morgan fingerprint density at radius 1 is 0.943 bits per heavy atom. The molecule has 182 valence electrons. The monoisotopic (exact) mass is 473 g/mol. The van der Waals surface area contributed by atoms with E-state index >= 15 is 0 Å². The Morgan fingerprint density at radius 3 is 2.40 bits per heavy atom. The molecule has 1 aromatic carbocycles. The number of hydrogen-bond acceptors (Lipinski definition) is 8. The molecule has 2 N–H and O–H groups in total. The number of anilines is 2. The van der Waals surface area contributed by atoms with Crippen LogP contribution in [0.4, 0.5) is 11.6 Å². The lowest BCUT2D eigenvalue weighted by molar-refractivity contribution is 0.0903. The molecular weight excluding hydrogens is 442 g/mol. The Balaban J connectivity index is 1.47. The quantitative estimate of drug-likeness (QED) is 0.462. The highest BCUT2D eigenvalue weighted by atomic mass is 16.5. The van der Waals surface area contributed by atoms with E-state index in [1.54, 1.807) is 0 Å². The summed E-state index contributed by atoms with van der Waals surface area (Å²) in [5.41, 5.74) is 7.18. The summed E-state index contributed by atoms with van der Waals surface area (Å²) >= 11 is 0. The molecule has 0 bridgehead atoms. The fourth-order valence-electron chi connectivity index (χ4n) is 5.04. The maximum Gasteiger partial charge on any atom is 0.160 e. The van der Waals surface area contributed by atoms with Crippen LogP contribution in [0.25, 0.3) is 28.1 Å². The molecule has 0 radical (unpaired) electrons. The van der Waals surface area contributed by atoms with E-state index < -0.39 is 6.23 Å². The average Bonchev–Trinajstić information content (AvgIpc) is 3.46. The first-order chi connectivity index (χ1) is 17.0. The number of benzene rings is 1. The lowest BCUT2D eigenvalue weighted by Gasteiger charge is -2.26. The Bertz CT molecular complexity index is 1410. The van der Waals surface area contributed by atoms with Crippen molar-refractivity contribution in [2.45, 2.75) is 58.7 Å². The van der Waals surface area contributed by atoms with Gasteiger partial charge in [0.1, 0.15) is 29.3 Å². The maximum atomic E-state index is 10.5. The second-order valence-corrected chi connectivity index (χ2v) is 9.73. The third-order valence-electron chi connectivity index (χ3n) is 7.20. The third kappa shape index (κ3) is 4.08. The number of aliphatic hydroxyl groups is 1. The number of nitrogens with zero attached hydrogens (tertiary/aromatic N) is 6. The van der Waals surface area contributed by atoms with E-state index in [1.807, 2.05) is 28.5 Å². The molecule has 6 rings (SSSR count). The van der Waals surface area contributed by atoms with Gasteiger partial charge in [-0.2, -0.15) is 9.61 Å². The molecule has 0 spiro atoms. The number of aryl methyl sites for hydroxylation is 3. The molecule has 5 heterocycles. The minimum atomic E-state index is -0.511. The zero-order valence-corrected chi connectivity index (χ0v) is 20.5. The first-order valence-corrected chi connectivity index (χ1v) is 12.4. The number of aliphatic hydroxyl groups excluding tert-OH is 1. The van der Waals surface area contributed by atoms with Gasteiger partial charge in [-0.15, -0.1) is 0 Å². The summed E-state index contributed by atoms with van der Waals surface area (Å²) in [6, 6.07) is 8.43. The predicted octanol–water partition coefficient (Wildman–Crippen LogP) is 3.77. The van der Waals surface area contributed by atoms with Crippen molar-refractivity contribution in [3.8, 4) is 11.4 Å². The highest BCUT2D eigenvalue weighted by Gasteiger charge is 2.26. The van der Waals surface area contributed by atoms with Crippen molar-refractivity contribution in [2.75, 3.05) is 30.0 Å². The number of rotatable bonds is 4. The number of ether oxygens (including phenoxy) is 1. The molecule has 1 unspecified atom stereocenters. The number of fused-ring (bicyclic) bond motifs is 2. The van der Waals surface area contributed by atoms with E-state index in [4.69, 9.17) is 24.8 Å². The number of nitrogens with one attached hydrogen (secondary N) is 1. The van der Waals surface area contributed by atoms with Crippen molar-refractivity contribution in [2.24, 2.45) is 0 Å². The van der Waals surface area contributed by atoms with E-state index in [0.29, 0.717) is 11.7 Å². The standard InChI is InChI=1S/C26H31N7O2/c1-15-11-19-20(12-16(15)2)29-26(17(3)27-19)21-13-23-30-22(32-8-4-5-25(32)34)14-24(33(23)31-21)28-18-6-9-35-10-7-18/h11-14,18,25,28,34H,4-10H2,1-3H3. The molecule has 2 aliphatic heterocycles. The smallest absolute Gasteiger partial charge is 0.160 e. The molecule has 3 aromatic heterocycles. The molecule has 0 amide bonds. The SMILES string of the molecule is Cc1cc2nc(C)c(-c3cc4nc(N5CCCC5O)cc(NC5CCOCC5)n4n3)nc2cc1C. The fourth-order valence-corrected chi connectivity index (χ4v) is 5.04. The summed E-state index contributed by atoms with van der Waals surface area (Å²) < 4.78 is 7.39. The van der Waals surface area contributed by atoms with Crippen molar-refractivity contribution >= 4 is 28.3 Å². The topological polar surface area (TPSA) is 101 Å². The van der Waals surface area contributed by atoms with Gasteiger partial charge in [0.05, 0.1) is 16.7 Å². The van der Waals surface area contributed by atoms with Gasteiger partial charge in [0.2, 0.25) is 0 Å². The molecular formula is C26H31N7O2. The van der Waals surface area contributed by atoms with Crippen LogP contribution in [-0.2, 0) is 4.74 Å². The molecule has 9 heteroatoms. The number of hydrogen-bond donors (Lipinski definition) is 2. The molecule has 9 nitrogen and oxygen atoms in total. The molecule has 35 heavy (non-hydrogen) atoms. The van der Waals surface area contributed by atoms with Crippen LogP contribution in [0.2, 0.25) is 0 Å². The normalized spacial score (nSPS) is 19.2. The van der Waals surface area contributed by atoms with Crippen LogP contribution in [0.3, 0.4) is 0 Å². The van der Waals surface area contributed by atoms with E-state index in [2.05, 4.69) is 31.3 Å². The van der Waals surface area contributed by atoms with Gasteiger partial charge in [0.25, 0.3) is 0 Å². The fraction of sp³-hybridized carbons (Fsp3) is 0.462. The Labute approximate surface area is 204 Å². The van der Waals surface area contributed by atoms with Gasteiger partial charge in [-0.25, -0.2) is 15.0 Å². The van der Waals surface area contributed by atoms with Crippen LogP contribution in [0, 0.1) is 20.8 Å². The van der Waals surface area contributed by atoms with Crippen LogP contribution in [0.1, 0.15) is 42.5 Å². The van der Waals surface area contributed by atoms with Gasteiger partial charge < -0.3 is 20.1 Å². The second-order valence-electron chi connectivity index (χ2n) is 9.73. The average molecular weight is 474 g/mol. The number of aromatic nitrogens is 5. The van der Waals surface area contributed by atoms with E-state index in [1.165, 1.54) is 11.1 Å². The van der Waals surface area contributed by atoms with Gasteiger partial charge in [-0.3, -0.25) is 0 Å². The summed E-state index contributed by atoms with van der Waals surface area (Å²) in [6.45, 7) is 8.44. The summed E-state index contributed by atoms with van der Waals surface area (Å²) in [6.07, 6.45) is 3.07. The minimum absolute atomic E-state index is 0.298. The van der Waals surface area contributed by atoms with Crippen molar-refractivity contribution in [1.82, 2.24) is 24.6 Å². The largest absolute Gasteiger partial charge is 0.381 e. The maximum absolute atomic E-state index is 10.5. The lowest BCUT2D eigenvalue weighted by atomic mass is 10.1. The van der Waals surface area contributed by atoms with Gasteiger partial charge in [-0.1, -0.05) is 0 Å². The van der Waals surface area contributed by atoms with Gasteiger partial charge in [-0.05, 0) is 69.7 Å². The summed E-state index contributed by atoms with van der Waals surface area (Å²) in [7, 11) is 0. The van der Waals surface area contributed by atoms with Crippen molar-refractivity contribution in [3.05, 3.63) is 41.1 Å². The molecule has 1 atom stereocenters. The van der Waals surface area contributed by atoms with Crippen molar-refractivity contribution < 1.29 is 9.84 Å². The zero-order valence-electron chi connectivity index (χ0n) is 20.5. The zero-order chi connectivity index (χ0) is 24.1. The van der Waals surface area contributed by atoms with E-state index in [-0.39, 0.29) is 0 Å². The lowest BCUT2D eigenvalue weighted by Crippen LogP contribution is -2.31. The molecule has 2 aliphatic rings. The summed E-state index contributed by atoms with van der Waals surface area (Å²) in [4.78, 5) is 16.6. The van der Waals surface area contributed by atoms with E-state index in [0.717, 1.165) is 85.2 Å². The van der Waals surface area contributed by atoms with E-state index in [9.17, 15) is 5.11 Å². The Morgan fingerprint density at radius 2 is 1.69 bits per heavy atom. The Kier molecular flexibility index (Phi) is 5.53. The predicted molar refractivity (Wildman–Crippen MR) is 136 cm³/mol. The highest BCUT2D eigenvalue weighted by Crippen LogP contribution is 2.30. The van der Waals surface area contributed by atoms with Crippen LogP contribution < -0.4 is 10.2 Å². The summed E-state index contributed by atoms with van der Waals surface area (Å²) in [5.74, 6) is 1.62. The van der Waals surface area contributed by atoms with Gasteiger partial charge in [0.15, 0.2) is 5.65 Å². The van der Waals surface area contributed by atoms with Crippen LogP contribution >= 0.6 is 0 Å². The first kappa shape index (κ1) is 22.2. The van der Waals surface area contributed by atoms with Crippen molar-refractivity contribution in [1.29, 1.82) is 0 Å². The highest BCUT2D eigenvalue weighted by molar-refractivity contribution is 5.80. The molecule has 2 fully saturated rings. The Hall–Kier alpha value is -3.30. The summed E-state index contributed by atoms with van der Waals surface area (Å²) in [5, 5.41) is 19.1. The minimum Gasteiger partial charge on any atom is -0.381 e. The van der Waals surface area contributed by atoms with Crippen LogP contribution in [0.5, 0.6) is 0 Å². The van der Waals surface area contributed by atoms with Crippen LogP contribution in [-0.4, -0.2) is 61.7 Å². The van der Waals surface area contributed by atoms with Gasteiger partial charge >= 0.3 is 0 Å². The molecule has 2 saturated heterocycles. The molecule has 0 saturated carbocycles. The van der Waals surface area contributed by atoms with Gasteiger partial charge in [0, 0.05) is 37.9 Å².